The second kappa shape index (κ2) is 14.2. The molecule has 2 N–H and O–H groups in total. The molecule has 4 aromatic rings. The van der Waals surface area contributed by atoms with Crippen molar-refractivity contribution in [1.29, 1.82) is 5.26 Å². The minimum absolute atomic E-state index is 0.198. The molecule has 2 aromatic carbocycles. The maximum Gasteiger partial charge on any atom is 0.256 e. The van der Waals surface area contributed by atoms with Crippen molar-refractivity contribution in [3.63, 3.8) is 0 Å². The molecule has 13 nitrogen and oxygen atoms in total. The number of aliphatic hydroxyl groups excluding tert-OH is 1. The highest BCUT2D eigenvalue weighted by Gasteiger charge is 2.36. The molecule has 14 heteroatoms. The Morgan fingerprint density at radius 3 is 2.59 bits per heavy atom. The van der Waals surface area contributed by atoms with Gasteiger partial charge >= 0.3 is 0 Å². The van der Waals surface area contributed by atoms with Crippen molar-refractivity contribution in [3.05, 3.63) is 78.2 Å². The number of nitriles is 1. The van der Waals surface area contributed by atoms with Gasteiger partial charge in [-0.3, -0.25) is 14.4 Å². The molecule has 3 saturated heterocycles. The number of piperazine rings is 1. The Morgan fingerprint density at radius 2 is 1.92 bits per heavy atom. The van der Waals surface area contributed by atoms with Crippen molar-refractivity contribution >= 4 is 23.1 Å². The molecule has 0 radical (unpaired) electrons. The van der Waals surface area contributed by atoms with E-state index in [2.05, 4.69) is 48.4 Å². The van der Waals surface area contributed by atoms with Crippen LogP contribution in [0.2, 0.25) is 0 Å². The summed E-state index contributed by atoms with van der Waals surface area (Å²) >= 11 is 0. The van der Waals surface area contributed by atoms with E-state index in [1.165, 1.54) is 21.5 Å². The van der Waals surface area contributed by atoms with E-state index in [0.717, 1.165) is 45.1 Å². The molecule has 5 heterocycles. The molecule has 0 saturated carbocycles. The molecule has 0 aliphatic carbocycles. The van der Waals surface area contributed by atoms with Crippen molar-refractivity contribution in [2.75, 3.05) is 62.7 Å². The van der Waals surface area contributed by atoms with Gasteiger partial charge in [-0.15, -0.1) is 0 Å². The van der Waals surface area contributed by atoms with Crippen LogP contribution in [0, 0.1) is 11.3 Å². The lowest BCUT2D eigenvalue weighted by molar-refractivity contribution is -0.144. The zero-order valence-electron chi connectivity index (χ0n) is 27.2. The fourth-order valence-electron chi connectivity index (χ4n) is 6.39. The SMILES string of the molecule is Cn1cc(C(O)C(=O)N2CC[C@H](Oc3ccc(-c4nccc(Nc5ccc(N6CCN(C7COC7)CC6)cc5)n4)cc3C#N)[C@H](F)C2)cn1. The summed E-state index contributed by atoms with van der Waals surface area (Å²) < 4.78 is 28.0. The lowest BCUT2D eigenvalue weighted by Crippen LogP contribution is -2.56. The van der Waals surface area contributed by atoms with Gasteiger partial charge in [0.15, 0.2) is 18.1 Å². The van der Waals surface area contributed by atoms with Crippen LogP contribution in [0.15, 0.2) is 67.1 Å². The van der Waals surface area contributed by atoms with Crippen molar-refractivity contribution in [3.8, 4) is 23.2 Å². The number of nitrogens with zero attached hydrogens (tertiary/aromatic N) is 8. The Bertz CT molecular complexity index is 1820. The molecule has 1 unspecified atom stereocenters. The molecule has 3 aliphatic rings. The van der Waals surface area contributed by atoms with Crippen LogP contribution >= 0.6 is 0 Å². The third-order valence-electron chi connectivity index (χ3n) is 9.32. The number of ether oxygens (including phenoxy) is 2. The highest BCUT2D eigenvalue weighted by atomic mass is 19.1. The van der Waals surface area contributed by atoms with Crippen molar-refractivity contribution < 1.29 is 23.8 Å². The van der Waals surface area contributed by atoms with E-state index in [4.69, 9.17) is 9.47 Å². The summed E-state index contributed by atoms with van der Waals surface area (Å²) in [6.07, 6.45) is 1.01. The molecule has 0 bridgehead atoms. The zero-order chi connectivity index (χ0) is 33.9. The molecular formula is C35H38FN9O4. The summed E-state index contributed by atoms with van der Waals surface area (Å²) in [5.41, 5.74) is 3.24. The Morgan fingerprint density at radius 1 is 1.12 bits per heavy atom. The maximum atomic E-state index is 15.3. The number of amides is 1. The molecule has 254 valence electrons. The second-order valence-corrected chi connectivity index (χ2v) is 12.6. The Kier molecular flexibility index (Phi) is 9.38. The van der Waals surface area contributed by atoms with Gasteiger partial charge in [0, 0.05) is 81.1 Å². The number of aromatic nitrogens is 4. The lowest BCUT2D eigenvalue weighted by Gasteiger charge is -2.43. The van der Waals surface area contributed by atoms with Crippen LogP contribution in [0.3, 0.4) is 0 Å². The molecule has 49 heavy (non-hydrogen) atoms. The Labute approximate surface area is 283 Å². The van der Waals surface area contributed by atoms with Gasteiger partial charge in [-0.25, -0.2) is 14.4 Å². The van der Waals surface area contributed by atoms with Gasteiger partial charge in [-0.1, -0.05) is 0 Å². The molecule has 3 fully saturated rings. The summed E-state index contributed by atoms with van der Waals surface area (Å²) in [7, 11) is 1.68. The van der Waals surface area contributed by atoms with Gasteiger partial charge < -0.3 is 29.7 Å². The van der Waals surface area contributed by atoms with Gasteiger partial charge in [-0.05, 0) is 48.5 Å². The van der Waals surface area contributed by atoms with Crippen molar-refractivity contribution in [2.45, 2.75) is 30.8 Å². The van der Waals surface area contributed by atoms with Gasteiger partial charge in [-0.2, -0.15) is 10.4 Å². The highest BCUT2D eigenvalue weighted by Crippen LogP contribution is 2.30. The third kappa shape index (κ3) is 7.19. The first-order valence-electron chi connectivity index (χ1n) is 16.4. The number of aryl methyl sites for hydroxylation is 1. The number of carbonyl (C=O) groups is 1. The molecule has 0 spiro atoms. The number of aliphatic hydroxyl groups is 1. The zero-order valence-corrected chi connectivity index (χ0v) is 27.2. The van der Waals surface area contributed by atoms with Crippen LogP contribution in [0.5, 0.6) is 5.75 Å². The van der Waals surface area contributed by atoms with Gasteiger partial charge in [0.1, 0.15) is 23.7 Å². The topological polar surface area (TPSA) is 145 Å². The average molecular weight is 668 g/mol. The van der Waals surface area contributed by atoms with Gasteiger partial charge in [0.2, 0.25) is 0 Å². The molecule has 2 aromatic heterocycles. The molecule has 3 aliphatic heterocycles. The van der Waals surface area contributed by atoms with Crippen LogP contribution in [0.4, 0.5) is 21.6 Å². The van der Waals surface area contributed by atoms with E-state index in [1.54, 1.807) is 43.7 Å². The monoisotopic (exact) mass is 667 g/mol. The minimum atomic E-state index is -1.51. The van der Waals surface area contributed by atoms with E-state index in [0.29, 0.717) is 28.8 Å². The van der Waals surface area contributed by atoms with Crippen LogP contribution in [-0.4, -0.2) is 111 Å². The number of likely N-dealkylation sites (tertiary alicyclic amines) is 1. The number of hydrogen-bond donors (Lipinski definition) is 2. The van der Waals surface area contributed by atoms with E-state index < -0.39 is 24.3 Å². The smallest absolute Gasteiger partial charge is 0.256 e. The van der Waals surface area contributed by atoms with E-state index in [1.807, 2.05) is 12.1 Å². The molecular weight excluding hydrogens is 629 g/mol. The van der Waals surface area contributed by atoms with E-state index in [9.17, 15) is 15.2 Å². The summed E-state index contributed by atoms with van der Waals surface area (Å²) in [6, 6.07) is 17.7. The number of carbonyl (C=O) groups excluding carboxylic acids is 1. The number of hydrogen-bond acceptors (Lipinski definition) is 11. The van der Waals surface area contributed by atoms with Crippen LogP contribution in [-0.2, 0) is 16.6 Å². The number of piperidine rings is 1. The van der Waals surface area contributed by atoms with E-state index in [-0.39, 0.29) is 30.8 Å². The second-order valence-electron chi connectivity index (χ2n) is 12.6. The maximum absolute atomic E-state index is 15.3. The summed E-state index contributed by atoms with van der Waals surface area (Å²) in [6.45, 7) is 5.71. The van der Waals surface area contributed by atoms with Crippen molar-refractivity contribution in [1.82, 2.24) is 29.5 Å². The highest BCUT2D eigenvalue weighted by molar-refractivity contribution is 5.82. The van der Waals surface area contributed by atoms with Gasteiger partial charge in [0.05, 0.1) is 37.6 Å². The van der Waals surface area contributed by atoms with Crippen molar-refractivity contribution in [2.24, 2.45) is 7.05 Å². The average Bonchev–Trinajstić information content (AvgIpc) is 3.54. The van der Waals surface area contributed by atoms with Crippen LogP contribution in [0.1, 0.15) is 23.7 Å². The first-order chi connectivity index (χ1) is 23.8. The normalized spacial score (nSPS) is 20.7. The molecule has 7 rings (SSSR count). The fraction of sp³-hybridized carbons (Fsp3) is 0.400. The predicted molar refractivity (Wildman–Crippen MR) is 179 cm³/mol. The number of rotatable bonds is 9. The number of anilines is 3. The van der Waals surface area contributed by atoms with Crippen LogP contribution < -0.4 is 15.0 Å². The van der Waals surface area contributed by atoms with Gasteiger partial charge in [0.25, 0.3) is 5.91 Å². The number of benzene rings is 2. The summed E-state index contributed by atoms with van der Waals surface area (Å²) in [5, 5.41) is 27.7. The number of nitrogens with one attached hydrogen (secondary N) is 1. The summed E-state index contributed by atoms with van der Waals surface area (Å²) in [5.74, 6) is 0.668. The van der Waals surface area contributed by atoms with E-state index >= 15 is 4.39 Å². The third-order valence-corrected chi connectivity index (χ3v) is 9.32. The quantitative estimate of drug-likeness (QED) is 0.272. The predicted octanol–water partition coefficient (Wildman–Crippen LogP) is 3.06. The molecule has 3 atom stereocenters. The first-order valence-corrected chi connectivity index (χ1v) is 16.4. The number of alkyl halides is 1. The standard InChI is InChI=1S/C35H38FN9O4/c1-42-19-25(18-39-42)33(46)35(47)45-11-9-31(29(36)20-45)49-30-7-2-23(16-24(30)17-37)34-38-10-8-32(41-34)40-26-3-5-27(6-4-26)43-12-14-44(15-13-43)28-21-48-22-28/h2-8,10,16,18-19,28-29,31,33,46H,9,11-15,20-22H2,1H3,(H,38,40,41)/t29-,31+,33?/m1/s1. The Hall–Kier alpha value is -5.10. The minimum Gasteiger partial charge on any atom is -0.486 e. The summed E-state index contributed by atoms with van der Waals surface area (Å²) in [4.78, 5) is 28.1. The molecule has 1 amide bonds. The van der Waals surface area contributed by atoms with Crippen LogP contribution in [0.25, 0.3) is 11.4 Å². The fourth-order valence-corrected chi connectivity index (χ4v) is 6.39. The number of halogens is 1. The first kappa shape index (κ1) is 32.4. The lowest BCUT2D eigenvalue weighted by atomic mass is 10.0. The Balaban J connectivity index is 0.954. The largest absolute Gasteiger partial charge is 0.486 e.